The molecule has 4 aromatic carbocycles. The summed E-state index contributed by atoms with van der Waals surface area (Å²) in [4.78, 5) is 34.9. The van der Waals surface area contributed by atoms with Crippen LogP contribution in [0.4, 0.5) is 11.4 Å². The van der Waals surface area contributed by atoms with Crippen LogP contribution in [0.2, 0.25) is 5.02 Å². The Kier molecular flexibility index (Phi) is 5.07. The van der Waals surface area contributed by atoms with Gasteiger partial charge in [0.05, 0.1) is 35.1 Å². The third kappa shape index (κ3) is 2.91. The molecule has 38 heavy (non-hydrogen) atoms. The molecule has 6 heteroatoms. The van der Waals surface area contributed by atoms with Crippen molar-refractivity contribution >= 4 is 41.0 Å². The van der Waals surface area contributed by atoms with Gasteiger partial charge in [0.2, 0.25) is 11.8 Å². The SMILES string of the molecule is COc1ccccc1N=CC12c3ccccc3C(c3ccccc31)[C@H]1C(=O)N(c3ccccc3Cl)C(=O)[C@H]12. The maximum absolute atomic E-state index is 14.4. The summed E-state index contributed by atoms with van der Waals surface area (Å²) in [7, 11) is 1.61. The van der Waals surface area contributed by atoms with Gasteiger partial charge in [0.15, 0.2) is 0 Å². The van der Waals surface area contributed by atoms with Gasteiger partial charge in [-0.3, -0.25) is 14.6 Å². The Bertz CT molecular complexity index is 1610. The average Bonchev–Trinajstić information content (AvgIpc) is 3.23. The van der Waals surface area contributed by atoms with E-state index in [1.54, 1.807) is 31.4 Å². The fourth-order valence-corrected chi connectivity index (χ4v) is 7.05. The number of rotatable bonds is 4. The van der Waals surface area contributed by atoms with Crippen LogP contribution in [0.5, 0.6) is 5.75 Å². The molecular weight excluding hydrogens is 496 g/mol. The summed E-state index contributed by atoms with van der Waals surface area (Å²) in [6.45, 7) is 0. The second-order valence-electron chi connectivity index (χ2n) is 9.92. The number of benzene rings is 4. The van der Waals surface area contributed by atoms with Crippen molar-refractivity contribution in [2.75, 3.05) is 12.0 Å². The van der Waals surface area contributed by atoms with Gasteiger partial charge in [-0.2, -0.15) is 0 Å². The zero-order valence-electron chi connectivity index (χ0n) is 20.5. The monoisotopic (exact) mass is 518 g/mol. The van der Waals surface area contributed by atoms with Gasteiger partial charge in [0.25, 0.3) is 0 Å². The molecule has 8 rings (SSSR count). The molecule has 0 aromatic heterocycles. The summed E-state index contributed by atoms with van der Waals surface area (Å²) < 4.78 is 5.56. The number of imide groups is 1. The molecule has 1 fully saturated rings. The topological polar surface area (TPSA) is 59.0 Å². The summed E-state index contributed by atoms with van der Waals surface area (Å²) in [6, 6.07) is 30.8. The summed E-state index contributed by atoms with van der Waals surface area (Å²) >= 11 is 6.52. The number of anilines is 1. The van der Waals surface area contributed by atoms with Crippen LogP contribution in [0.15, 0.2) is 102 Å². The smallest absolute Gasteiger partial charge is 0.239 e. The lowest BCUT2D eigenvalue weighted by atomic mass is 9.47. The van der Waals surface area contributed by atoms with E-state index >= 15 is 0 Å². The molecule has 1 saturated heterocycles. The van der Waals surface area contributed by atoms with Gasteiger partial charge in [-0.05, 0) is 46.5 Å². The highest BCUT2D eigenvalue weighted by Gasteiger charge is 2.68. The maximum atomic E-state index is 14.4. The molecule has 1 heterocycles. The zero-order chi connectivity index (χ0) is 26.0. The van der Waals surface area contributed by atoms with Gasteiger partial charge < -0.3 is 4.74 Å². The Balaban J connectivity index is 1.52. The molecule has 0 radical (unpaired) electrons. The highest BCUT2D eigenvalue weighted by Crippen LogP contribution is 2.64. The molecule has 4 aromatic rings. The van der Waals surface area contributed by atoms with E-state index in [0.29, 0.717) is 22.1 Å². The van der Waals surface area contributed by atoms with E-state index in [1.165, 1.54) is 4.90 Å². The van der Waals surface area contributed by atoms with Crippen LogP contribution in [-0.4, -0.2) is 25.1 Å². The lowest BCUT2D eigenvalue weighted by Gasteiger charge is -2.52. The molecule has 2 amide bonds. The minimum Gasteiger partial charge on any atom is -0.494 e. The van der Waals surface area contributed by atoms with Gasteiger partial charge in [-0.15, -0.1) is 0 Å². The fourth-order valence-electron chi connectivity index (χ4n) is 6.83. The Hall–Kier alpha value is -4.22. The van der Waals surface area contributed by atoms with Gasteiger partial charge in [-0.25, -0.2) is 4.90 Å². The summed E-state index contributed by atoms with van der Waals surface area (Å²) in [5.74, 6) is -1.33. The second kappa shape index (κ2) is 8.40. The molecule has 0 saturated carbocycles. The van der Waals surface area contributed by atoms with Crippen LogP contribution in [0, 0.1) is 11.8 Å². The molecule has 2 bridgehead atoms. The maximum Gasteiger partial charge on any atom is 0.239 e. The number of nitrogens with zero attached hydrogens (tertiary/aromatic N) is 2. The van der Waals surface area contributed by atoms with Crippen LogP contribution < -0.4 is 9.64 Å². The number of hydrogen-bond donors (Lipinski definition) is 0. The first kappa shape index (κ1) is 22.9. The molecule has 1 aliphatic heterocycles. The van der Waals surface area contributed by atoms with E-state index < -0.39 is 17.3 Å². The molecule has 0 N–H and O–H groups in total. The first-order valence-corrected chi connectivity index (χ1v) is 12.9. The van der Waals surface area contributed by atoms with Crippen molar-refractivity contribution in [1.82, 2.24) is 0 Å². The number of aliphatic imine (C=N–C) groups is 1. The van der Waals surface area contributed by atoms with Crippen molar-refractivity contribution in [3.8, 4) is 5.75 Å². The molecule has 0 spiro atoms. The number of carbonyl (C=O) groups excluding carboxylic acids is 2. The molecule has 2 atom stereocenters. The van der Waals surface area contributed by atoms with Gasteiger partial charge in [-0.1, -0.05) is 84.4 Å². The van der Waals surface area contributed by atoms with Gasteiger partial charge >= 0.3 is 0 Å². The largest absolute Gasteiger partial charge is 0.494 e. The van der Waals surface area contributed by atoms with Crippen molar-refractivity contribution in [2.45, 2.75) is 11.3 Å². The normalized spacial score (nSPS) is 24.9. The standard InChI is InChI=1S/C32H23ClN2O3/c1-38-26-17-9-7-15-24(26)34-18-32-21-12-4-2-10-19(21)27(20-11-3-5-13-22(20)32)28-29(32)31(37)35(30(28)36)25-16-8-6-14-23(25)33/h2-18,27-29H,1H3/t27?,28-,29+,32?/m1/s1. The third-order valence-corrected chi connectivity index (χ3v) is 8.59. The van der Waals surface area contributed by atoms with E-state index in [0.717, 1.165) is 22.3 Å². The van der Waals surface area contributed by atoms with Crippen LogP contribution >= 0.6 is 11.6 Å². The van der Waals surface area contributed by atoms with E-state index in [4.69, 9.17) is 21.3 Å². The predicted octanol–water partition coefficient (Wildman–Crippen LogP) is 6.30. The van der Waals surface area contributed by atoms with Crippen molar-refractivity contribution in [2.24, 2.45) is 16.8 Å². The summed E-state index contributed by atoms with van der Waals surface area (Å²) in [6.07, 6.45) is 1.87. The lowest BCUT2D eigenvalue weighted by molar-refractivity contribution is -0.122. The molecular formula is C32H23ClN2O3. The van der Waals surface area contributed by atoms with Gasteiger partial charge in [0.1, 0.15) is 11.4 Å². The number of halogens is 1. The molecule has 3 aliphatic carbocycles. The molecule has 4 aliphatic rings. The Morgan fingerprint density at radius 1 is 0.816 bits per heavy atom. The van der Waals surface area contributed by atoms with E-state index in [1.807, 2.05) is 54.7 Å². The average molecular weight is 519 g/mol. The Morgan fingerprint density at radius 2 is 1.42 bits per heavy atom. The minimum atomic E-state index is -0.948. The van der Waals surface area contributed by atoms with Crippen molar-refractivity contribution in [3.05, 3.63) is 124 Å². The number of amides is 2. The zero-order valence-corrected chi connectivity index (χ0v) is 21.3. The van der Waals surface area contributed by atoms with E-state index in [9.17, 15) is 9.59 Å². The molecule has 0 unspecified atom stereocenters. The highest BCUT2D eigenvalue weighted by atomic mass is 35.5. The fraction of sp³-hybridized carbons (Fsp3) is 0.156. The number of carbonyl (C=O) groups is 2. The second-order valence-corrected chi connectivity index (χ2v) is 10.3. The third-order valence-electron chi connectivity index (χ3n) is 8.27. The van der Waals surface area contributed by atoms with Crippen molar-refractivity contribution < 1.29 is 14.3 Å². The van der Waals surface area contributed by atoms with Crippen LogP contribution in [0.3, 0.4) is 0 Å². The van der Waals surface area contributed by atoms with E-state index in [2.05, 4.69) is 24.3 Å². The number of para-hydroxylation sites is 3. The summed E-state index contributed by atoms with van der Waals surface area (Å²) in [5, 5.41) is 0.368. The quantitative estimate of drug-likeness (QED) is 0.235. The molecule has 186 valence electrons. The Labute approximate surface area is 225 Å². The number of methoxy groups -OCH3 is 1. The van der Waals surface area contributed by atoms with Crippen molar-refractivity contribution in [1.29, 1.82) is 0 Å². The Morgan fingerprint density at radius 3 is 2.11 bits per heavy atom. The highest BCUT2D eigenvalue weighted by molar-refractivity contribution is 6.36. The minimum absolute atomic E-state index is 0.225. The first-order chi connectivity index (χ1) is 18.6. The molecule has 5 nitrogen and oxygen atoms in total. The van der Waals surface area contributed by atoms with Crippen LogP contribution in [0.1, 0.15) is 28.2 Å². The number of hydrogen-bond acceptors (Lipinski definition) is 4. The lowest BCUT2D eigenvalue weighted by Crippen LogP contribution is -2.54. The first-order valence-electron chi connectivity index (χ1n) is 12.6. The summed E-state index contributed by atoms with van der Waals surface area (Å²) in [5.41, 5.74) is 4.25. The predicted molar refractivity (Wildman–Crippen MR) is 148 cm³/mol. The van der Waals surface area contributed by atoms with Crippen LogP contribution in [0.25, 0.3) is 0 Å². The van der Waals surface area contributed by atoms with Crippen molar-refractivity contribution in [3.63, 3.8) is 0 Å². The number of ether oxygens (including phenoxy) is 1. The van der Waals surface area contributed by atoms with Gasteiger partial charge in [0, 0.05) is 12.1 Å². The van der Waals surface area contributed by atoms with Crippen LogP contribution in [-0.2, 0) is 15.0 Å². The van der Waals surface area contributed by atoms with E-state index in [-0.39, 0.29) is 17.7 Å².